The van der Waals surface area contributed by atoms with Crippen LogP contribution in [-0.4, -0.2) is 33.5 Å². The Hall–Kier alpha value is -1.13. The Labute approximate surface area is 103 Å². The van der Waals surface area contributed by atoms with E-state index in [4.69, 9.17) is 0 Å². The van der Waals surface area contributed by atoms with Crippen LogP contribution in [0.1, 0.15) is 12.5 Å². The molecule has 0 saturated heterocycles. The van der Waals surface area contributed by atoms with Gasteiger partial charge in [0.05, 0.1) is 5.75 Å². The maximum absolute atomic E-state index is 10.9. The van der Waals surface area contributed by atoms with Crippen molar-refractivity contribution in [3.8, 4) is 0 Å². The van der Waals surface area contributed by atoms with Crippen molar-refractivity contribution in [1.29, 1.82) is 0 Å². The van der Waals surface area contributed by atoms with Crippen LogP contribution in [0.4, 0.5) is 0 Å². The number of benzene rings is 1. The first-order chi connectivity index (χ1) is 7.97. The van der Waals surface area contributed by atoms with Crippen LogP contribution in [0.2, 0.25) is 0 Å². The van der Waals surface area contributed by atoms with E-state index >= 15 is 0 Å². The van der Waals surface area contributed by atoms with Crippen LogP contribution in [0, 0.1) is 0 Å². The molecule has 0 aromatic heterocycles. The van der Waals surface area contributed by atoms with Crippen molar-refractivity contribution < 1.29 is 8.42 Å². The summed E-state index contributed by atoms with van der Waals surface area (Å²) in [5, 5.41) is 3.11. The van der Waals surface area contributed by atoms with E-state index in [0.29, 0.717) is 13.1 Å². The van der Waals surface area contributed by atoms with Gasteiger partial charge >= 0.3 is 0 Å². The maximum atomic E-state index is 10.9. The maximum Gasteiger partial charge on any atom is 0.148 e. The molecule has 0 radical (unpaired) electrons. The lowest BCUT2D eigenvalue weighted by Gasteiger charge is -2.04. The molecule has 0 fully saturated rings. The van der Waals surface area contributed by atoms with Crippen LogP contribution in [0.5, 0.6) is 0 Å². The first kappa shape index (κ1) is 13.9. The van der Waals surface area contributed by atoms with E-state index in [0.717, 1.165) is 5.56 Å². The second kappa shape index (κ2) is 6.57. The van der Waals surface area contributed by atoms with Crippen LogP contribution >= 0.6 is 0 Å². The summed E-state index contributed by atoms with van der Waals surface area (Å²) in [6, 6.07) is 10.1. The SMILES string of the molecule is C/C(=C\c1ccccc1)CNCCS(C)(=O)=O. The highest BCUT2D eigenvalue weighted by molar-refractivity contribution is 7.90. The minimum atomic E-state index is -2.86. The van der Waals surface area contributed by atoms with Gasteiger partial charge in [0.2, 0.25) is 0 Å². The monoisotopic (exact) mass is 253 g/mol. The zero-order valence-electron chi connectivity index (χ0n) is 10.3. The predicted octanol–water partition coefficient (Wildman–Crippen LogP) is 1.72. The average Bonchev–Trinajstić information content (AvgIpc) is 2.25. The second-order valence-electron chi connectivity index (χ2n) is 4.21. The van der Waals surface area contributed by atoms with Gasteiger partial charge in [0.15, 0.2) is 0 Å². The van der Waals surface area contributed by atoms with Crippen LogP contribution in [0.25, 0.3) is 6.08 Å². The van der Waals surface area contributed by atoms with E-state index in [9.17, 15) is 8.42 Å². The van der Waals surface area contributed by atoms with E-state index in [2.05, 4.69) is 11.4 Å². The standard InChI is InChI=1S/C13H19NO2S/c1-12(10-13-6-4-3-5-7-13)11-14-8-9-17(2,15)16/h3-7,10,14H,8-9,11H2,1-2H3/b12-10+. The lowest BCUT2D eigenvalue weighted by molar-refractivity contribution is 0.598. The molecule has 0 amide bonds. The largest absolute Gasteiger partial charge is 0.312 e. The third-order valence-electron chi connectivity index (χ3n) is 2.27. The Kier molecular flexibility index (Phi) is 5.38. The van der Waals surface area contributed by atoms with Crippen molar-refractivity contribution in [2.45, 2.75) is 6.92 Å². The molecule has 0 bridgehead atoms. The van der Waals surface area contributed by atoms with Crippen LogP contribution in [0.3, 0.4) is 0 Å². The summed E-state index contributed by atoms with van der Waals surface area (Å²) in [5.41, 5.74) is 2.35. The quantitative estimate of drug-likeness (QED) is 0.785. The molecule has 1 rings (SSSR count). The molecule has 0 aliphatic carbocycles. The molecule has 0 saturated carbocycles. The fraction of sp³-hybridized carbons (Fsp3) is 0.385. The summed E-state index contributed by atoms with van der Waals surface area (Å²) in [4.78, 5) is 0. The molecule has 0 spiro atoms. The summed E-state index contributed by atoms with van der Waals surface area (Å²) in [6.45, 7) is 3.24. The zero-order chi connectivity index (χ0) is 12.7. The molecule has 0 heterocycles. The van der Waals surface area contributed by atoms with E-state index in [1.807, 2.05) is 37.3 Å². The van der Waals surface area contributed by atoms with Gasteiger partial charge in [-0.25, -0.2) is 8.42 Å². The Morgan fingerprint density at radius 3 is 2.53 bits per heavy atom. The minimum absolute atomic E-state index is 0.186. The summed E-state index contributed by atoms with van der Waals surface area (Å²) in [6.07, 6.45) is 3.34. The van der Waals surface area contributed by atoms with Crippen molar-refractivity contribution in [2.24, 2.45) is 0 Å². The first-order valence-electron chi connectivity index (χ1n) is 5.58. The molecule has 0 unspecified atom stereocenters. The molecule has 17 heavy (non-hydrogen) atoms. The average molecular weight is 253 g/mol. The summed E-state index contributed by atoms with van der Waals surface area (Å²) < 4.78 is 21.8. The highest BCUT2D eigenvalue weighted by atomic mass is 32.2. The minimum Gasteiger partial charge on any atom is -0.312 e. The third kappa shape index (κ3) is 6.92. The fourth-order valence-electron chi connectivity index (χ4n) is 1.43. The van der Waals surface area contributed by atoms with Crippen molar-refractivity contribution in [2.75, 3.05) is 25.1 Å². The van der Waals surface area contributed by atoms with Crippen molar-refractivity contribution in [1.82, 2.24) is 5.32 Å². The highest BCUT2D eigenvalue weighted by Crippen LogP contribution is 2.04. The van der Waals surface area contributed by atoms with Crippen LogP contribution in [0.15, 0.2) is 35.9 Å². The number of rotatable bonds is 6. The van der Waals surface area contributed by atoms with Crippen LogP contribution in [-0.2, 0) is 9.84 Å². The Morgan fingerprint density at radius 1 is 1.29 bits per heavy atom. The van der Waals surface area contributed by atoms with Crippen LogP contribution < -0.4 is 5.32 Å². The molecular formula is C13H19NO2S. The van der Waals surface area contributed by atoms with Crippen molar-refractivity contribution >= 4 is 15.9 Å². The van der Waals surface area contributed by atoms with Crippen molar-refractivity contribution in [3.05, 3.63) is 41.5 Å². The molecule has 1 aromatic carbocycles. The lowest BCUT2D eigenvalue weighted by atomic mass is 10.1. The van der Waals surface area contributed by atoms with Gasteiger partial charge in [-0.3, -0.25) is 0 Å². The normalized spacial score (nSPS) is 12.7. The fourth-order valence-corrected chi connectivity index (χ4v) is 1.94. The predicted molar refractivity (Wildman–Crippen MR) is 72.7 cm³/mol. The molecule has 94 valence electrons. The molecular weight excluding hydrogens is 234 g/mol. The molecule has 0 atom stereocenters. The first-order valence-corrected chi connectivity index (χ1v) is 7.64. The number of nitrogens with one attached hydrogen (secondary N) is 1. The number of sulfone groups is 1. The molecule has 1 N–H and O–H groups in total. The Balaban J connectivity index is 2.35. The number of hydrogen-bond acceptors (Lipinski definition) is 3. The third-order valence-corrected chi connectivity index (χ3v) is 3.21. The van der Waals surface area contributed by atoms with Gasteiger partial charge in [0.25, 0.3) is 0 Å². The lowest BCUT2D eigenvalue weighted by Crippen LogP contribution is -2.23. The van der Waals surface area contributed by atoms with Gasteiger partial charge in [-0.05, 0) is 12.5 Å². The van der Waals surface area contributed by atoms with Gasteiger partial charge in [0.1, 0.15) is 9.84 Å². The molecule has 3 nitrogen and oxygen atoms in total. The molecule has 0 aliphatic heterocycles. The Morgan fingerprint density at radius 2 is 1.94 bits per heavy atom. The van der Waals surface area contributed by atoms with E-state index in [-0.39, 0.29) is 5.75 Å². The Bertz CT molecular complexity index is 463. The highest BCUT2D eigenvalue weighted by Gasteiger charge is 2.00. The van der Waals surface area contributed by atoms with Gasteiger partial charge in [0, 0.05) is 19.3 Å². The molecule has 4 heteroatoms. The molecule has 0 aliphatic rings. The van der Waals surface area contributed by atoms with E-state index < -0.39 is 9.84 Å². The smallest absolute Gasteiger partial charge is 0.148 e. The van der Waals surface area contributed by atoms with Gasteiger partial charge < -0.3 is 5.32 Å². The molecule has 1 aromatic rings. The van der Waals surface area contributed by atoms with Gasteiger partial charge in [-0.15, -0.1) is 0 Å². The van der Waals surface area contributed by atoms with E-state index in [1.54, 1.807) is 0 Å². The van der Waals surface area contributed by atoms with E-state index in [1.165, 1.54) is 11.8 Å². The van der Waals surface area contributed by atoms with Gasteiger partial charge in [-0.2, -0.15) is 0 Å². The summed E-state index contributed by atoms with van der Waals surface area (Å²) in [7, 11) is -2.86. The topological polar surface area (TPSA) is 46.2 Å². The number of hydrogen-bond donors (Lipinski definition) is 1. The zero-order valence-corrected chi connectivity index (χ0v) is 11.1. The summed E-state index contributed by atoms with van der Waals surface area (Å²) in [5.74, 6) is 0.186. The van der Waals surface area contributed by atoms with Crippen molar-refractivity contribution in [3.63, 3.8) is 0 Å². The van der Waals surface area contributed by atoms with Gasteiger partial charge in [-0.1, -0.05) is 42.0 Å². The summed E-state index contributed by atoms with van der Waals surface area (Å²) >= 11 is 0. The second-order valence-corrected chi connectivity index (χ2v) is 6.47.